The van der Waals surface area contributed by atoms with Crippen molar-refractivity contribution >= 4 is 5.91 Å². The van der Waals surface area contributed by atoms with Crippen LogP contribution in [0.5, 0.6) is 11.5 Å². The summed E-state index contributed by atoms with van der Waals surface area (Å²) in [6.45, 7) is 6.11. The number of amides is 1. The summed E-state index contributed by atoms with van der Waals surface area (Å²) < 4.78 is 12.2. The highest BCUT2D eigenvalue weighted by Gasteiger charge is 2.35. The Hall–Kier alpha value is -2.49. The van der Waals surface area contributed by atoms with E-state index in [0.29, 0.717) is 6.42 Å². The SMILES string of the molecule is CC[C@@H](Oc1ccc2c(c1)CCCC2)C(=O)N[C@H]1CC(C)(C)Oc2ccccc21. The fourth-order valence-corrected chi connectivity index (χ4v) is 4.47. The van der Waals surface area contributed by atoms with Crippen LogP contribution >= 0.6 is 0 Å². The highest BCUT2D eigenvalue weighted by Crippen LogP contribution is 2.39. The van der Waals surface area contributed by atoms with Crippen LogP contribution in [0.4, 0.5) is 0 Å². The maximum Gasteiger partial charge on any atom is 0.261 e. The van der Waals surface area contributed by atoms with E-state index in [-0.39, 0.29) is 17.6 Å². The number of nitrogens with one attached hydrogen (secondary N) is 1. The Morgan fingerprint density at radius 1 is 1.17 bits per heavy atom. The third kappa shape index (κ3) is 4.42. The summed E-state index contributed by atoms with van der Waals surface area (Å²) in [6, 6.07) is 14.2. The molecule has 1 amide bonds. The van der Waals surface area contributed by atoms with Gasteiger partial charge in [0.25, 0.3) is 5.91 Å². The number of benzene rings is 2. The van der Waals surface area contributed by atoms with Crippen LogP contribution in [0.1, 0.15) is 69.2 Å². The summed E-state index contributed by atoms with van der Waals surface area (Å²) in [7, 11) is 0. The molecule has 0 radical (unpaired) electrons. The first-order valence-electron chi connectivity index (χ1n) is 10.8. The van der Waals surface area contributed by atoms with Crippen molar-refractivity contribution in [2.45, 2.75) is 77.0 Å². The predicted molar refractivity (Wildman–Crippen MR) is 114 cm³/mol. The number of carbonyl (C=O) groups is 1. The first-order chi connectivity index (χ1) is 13.9. The molecule has 2 aromatic rings. The van der Waals surface area contributed by atoms with Crippen LogP contribution in [0.3, 0.4) is 0 Å². The molecule has 1 heterocycles. The Morgan fingerprint density at radius 2 is 1.93 bits per heavy atom. The second-order valence-electron chi connectivity index (χ2n) is 8.82. The number of hydrogen-bond acceptors (Lipinski definition) is 3. The average Bonchev–Trinajstić information content (AvgIpc) is 2.71. The summed E-state index contributed by atoms with van der Waals surface area (Å²) in [5.41, 5.74) is 3.49. The van der Waals surface area contributed by atoms with Crippen molar-refractivity contribution in [1.29, 1.82) is 0 Å². The minimum atomic E-state index is -0.505. The molecule has 0 fully saturated rings. The summed E-state index contributed by atoms with van der Waals surface area (Å²) in [6.07, 6.45) is 5.58. The van der Waals surface area contributed by atoms with E-state index in [1.807, 2.05) is 37.3 Å². The van der Waals surface area contributed by atoms with Gasteiger partial charge in [0.15, 0.2) is 6.10 Å². The minimum absolute atomic E-state index is 0.0669. The zero-order valence-corrected chi connectivity index (χ0v) is 17.7. The van der Waals surface area contributed by atoms with Crippen molar-refractivity contribution < 1.29 is 14.3 Å². The molecule has 29 heavy (non-hydrogen) atoms. The van der Waals surface area contributed by atoms with Gasteiger partial charge in [0, 0.05) is 12.0 Å². The van der Waals surface area contributed by atoms with Crippen LogP contribution in [0.15, 0.2) is 42.5 Å². The average molecular weight is 394 g/mol. The monoisotopic (exact) mass is 393 g/mol. The number of carbonyl (C=O) groups excluding carboxylic acids is 1. The number of rotatable bonds is 5. The number of fused-ring (bicyclic) bond motifs is 2. The Morgan fingerprint density at radius 3 is 2.72 bits per heavy atom. The molecule has 2 aromatic carbocycles. The van der Waals surface area contributed by atoms with Gasteiger partial charge in [0.05, 0.1) is 6.04 Å². The second-order valence-corrected chi connectivity index (χ2v) is 8.82. The highest BCUT2D eigenvalue weighted by atomic mass is 16.5. The van der Waals surface area contributed by atoms with Gasteiger partial charge in [-0.3, -0.25) is 4.79 Å². The third-order valence-electron chi connectivity index (χ3n) is 5.95. The lowest BCUT2D eigenvalue weighted by Gasteiger charge is -2.38. The lowest BCUT2D eigenvalue weighted by atomic mass is 9.89. The van der Waals surface area contributed by atoms with E-state index in [9.17, 15) is 4.79 Å². The standard InChI is InChI=1S/C25H31NO3/c1-4-22(28-19-14-13-17-9-5-6-10-18(17)15-19)24(27)26-21-16-25(2,3)29-23-12-8-7-11-20(21)23/h7-8,11-15,21-22H,4-6,9-10,16H2,1-3H3,(H,26,27)/t21-,22+/m0/s1. The molecule has 0 unspecified atom stereocenters. The molecule has 4 rings (SSSR count). The first kappa shape index (κ1) is 19.8. The molecular weight excluding hydrogens is 362 g/mol. The minimum Gasteiger partial charge on any atom is -0.487 e. The van der Waals surface area contributed by atoms with Crippen LogP contribution in [0.2, 0.25) is 0 Å². The Bertz CT molecular complexity index is 889. The molecule has 2 aliphatic rings. The summed E-state index contributed by atoms with van der Waals surface area (Å²) in [5, 5.41) is 3.22. The van der Waals surface area contributed by atoms with Crippen LogP contribution in [-0.2, 0) is 17.6 Å². The van der Waals surface area contributed by atoms with E-state index in [0.717, 1.165) is 36.3 Å². The lowest BCUT2D eigenvalue weighted by Crippen LogP contribution is -2.45. The zero-order chi connectivity index (χ0) is 20.4. The van der Waals surface area contributed by atoms with Crippen LogP contribution < -0.4 is 14.8 Å². The van der Waals surface area contributed by atoms with Gasteiger partial charge in [-0.05, 0) is 75.3 Å². The largest absolute Gasteiger partial charge is 0.487 e. The van der Waals surface area contributed by atoms with Crippen LogP contribution in [0, 0.1) is 0 Å². The van der Waals surface area contributed by atoms with E-state index in [1.54, 1.807) is 0 Å². The molecule has 4 heteroatoms. The summed E-state index contributed by atoms with van der Waals surface area (Å²) >= 11 is 0. The lowest BCUT2D eigenvalue weighted by molar-refractivity contribution is -0.129. The van der Waals surface area contributed by atoms with E-state index in [1.165, 1.54) is 24.0 Å². The van der Waals surface area contributed by atoms with Crippen molar-refractivity contribution in [2.24, 2.45) is 0 Å². The van der Waals surface area contributed by atoms with E-state index in [4.69, 9.17) is 9.47 Å². The first-order valence-corrected chi connectivity index (χ1v) is 10.8. The Labute approximate surface area is 173 Å². The van der Waals surface area contributed by atoms with Crippen molar-refractivity contribution in [2.75, 3.05) is 0 Å². The molecule has 154 valence electrons. The number of hydrogen-bond donors (Lipinski definition) is 1. The van der Waals surface area contributed by atoms with Gasteiger partial charge >= 0.3 is 0 Å². The highest BCUT2D eigenvalue weighted by molar-refractivity contribution is 5.81. The van der Waals surface area contributed by atoms with Gasteiger partial charge in [-0.2, -0.15) is 0 Å². The Balaban J connectivity index is 1.48. The Kier molecular flexibility index (Phi) is 5.53. The fourth-order valence-electron chi connectivity index (χ4n) is 4.47. The fraction of sp³-hybridized carbons (Fsp3) is 0.480. The molecule has 0 spiro atoms. The topological polar surface area (TPSA) is 47.6 Å². The van der Waals surface area contributed by atoms with Crippen molar-refractivity contribution in [1.82, 2.24) is 5.32 Å². The normalized spacial score (nSPS) is 20.6. The third-order valence-corrected chi connectivity index (χ3v) is 5.95. The molecule has 0 aromatic heterocycles. The molecule has 0 saturated heterocycles. The van der Waals surface area contributed by atoms with Gasteiger partial charge in [0.1, 0.15) is 17.1 Å². The van der Waals surface area contributed by atoms with Crippen molar-refractivity contribution in [3.05, 3.63) is 59.2 Å². The van der Waals surface area contributed by atoms with Crippen LogP contribution in [0.25, 0.3) is 0 Å². The molecule has 1 N–H and O–H groups in total. The van der Waals surface area contributed by atoms with Gasteiger partial charge in [-0.1, -0.05) is 31.2 Å². The van der Waals surface area contributed by atoms with Gasteiger partial charge < -0.3 is 14.8 Å². The molecule has 0 saturated carbocycles. The van der Waals surface area contributed by atoms with E-state index >= 15 is 0 Å². The molecule has 1 aliphatic heterocycles. The smallest absolute Gasteiger partial charge is 0.261 e. The molecule has 0 bridgehead atoms. The second kappa shape index (κ2) is 8.10. The maximum absolute atomic E-state index is 13.1. The summed E-state index contributed by atoms with van der Waals surface area (Å²) in [4.78, 5) is 13.1. The zero-order valence-electron chi connectivity index (χ0n) is 17.7. The molecule has 1 aliphatic carbocycles. The predicted octanol–water partition coefficient (Wildman–Crippen LogP) is 5.14. The number of ether oxygens (including phenoxy) is 2. The number of aryl methyl sites for hydroxylation is 2. The van der Waals surface area contributed by atoms with Crippen molar-refractivity contribution in [3.8, 4) is 11.5 Å². The molecule has 4 nitrogen and oxygen atoms in total. The molecule has 2 atom stereocenters. The van der Waals surface area contributed by atoms with Gasteiger partial charge in [-0.15, -0.1) is 0 Å². The van der Waals surface area contributed by atoms with Gasteiger partial charge in [0.2, 0.25) is 0 Å². The van der Waals surface area contributed by atoms with Crippen LogP contribution in [-0.4, -0.2) is 17.6 Å². The van der Waals surface area contributed by atoms with Gasteiger partial charge in [-0.25, -0.2) is 0 Å². The quantitative estimate of drug-likeness (QED) is 0.765. The van der Waals surface area contributed by atoms with E-state index < -0.39 is 6.10 Å². The maximum atomic E-state index is 13.1. The number of para-hydroxylation sites is 1. The molecular formula is C25H31NO3. The van der Waals surface area contributed by atoms with Crippen molar-refractivity contribution in [3.63, 3.8) is 0 Å². The summed E-state index contributed by atoms with van der Waals surface area (Å²) in [5.74, 6) is 1.57. The van der Waals surface area contributed by atoms with E-state index in [2.05, 4.69) is 31.3 Å².